The van der Waals surface area contributed by atoms with Crippen molar-refractivity contribution in [2.45, 2.75) is 19.3 Å². The van der Waals surface area contributed by atoms with Crippen LogP contribution in [0, 0.1) is 23.5 Å². The van der Waals surface area contributed by atoms with E-state index in [2.05, 4.69) is 15.7 Å². The summed E-state index contributed by atoms with van der Waals surface area (Å²) < 4.78 is 35.0. The minimum absolute atomic E-state index is 0.0383. The molecular weight excluding hydrogens is 468 g/mol. The van der Waals surface area contributed by atoms with Crippen molar-refractivity contribution in [2.24, 2.45) is 18.9 Å². The van der Waals surface area contributed by atoms with Crippen LogP contribution in [0.1, 0.15) is 19.3 Å². The van der Waals surface area contributed by atoms with Crippen molar-refractivity contribution in [2.75, 3.05) is 30.3 Å². The number of carbonyl (C=O) groups excluding carboxylic acids is 2. The average Bonchev–Trinajstić information content (AvgIpc) is 3.28. The highest BCUT2D eigenvalue weighted by molar-refractivity contribution is 5.93. The van der Waals surface area contributed by atoms with E-state index in [0.29, 0.717) is 50.4 Å². The van der Waals surface area contributed by atoms with Crippen molar-refractivity contribution < 1.29 is 23.1 Å². The zero-order chi connectivity index (χ0) is 25.2. The fourth-order valence-electron chi connectivity index (χ4n) is 4.90. The lowest BCUT2D eigenvalue weighted by Gasteiger charge is -2.39. The molecule has 2 N–H and O–H groups in total. The molecule has 1 fully saturated rings. The van der Waals surface area contributed by atoms with Crippen LogP contribution in [0.2, 0.25) is 0 Å². The molecule has 3 heterocycles. The first-order valence-corrected chi connectivity index (χ1v) is 11.9. The maximum atomic E-state index is 14.0. The number of rotatable bonds is 2. The quantitative estimate of drug-likeness (QED) is 0.542. The van der Waals surface area contributed by atoms with E-state index in [1.807, 2.05) is 31.4 Å². The van der Waals surface area contributed by atoms with E-state index in [1.54, 1.807) is 15.8 Å². The molecule has 2 aliphatic rings. The molecule has 10 heteroatoms. The van der Waals surface area contributed by atoms with Crippen LogP contribution >= 0.6 is 0 Å². The van der Waals surface area contributed by atoms with Gasteiger partial charge in [0.15, 0.2) is 0 Å². The summed E-state index contributed by atoms with van der Waals surface area (Å²) in [7, 11) is 1.85. The third-order valence-electron chi connectivity index (χ3n) is 6.84. The van der Waals surface area contributed by atoms with E-state index >= 15 is 0 Å². The zero-order valence-corrected chi connectivity index (χ0v) is 19.8. The van der Waals surface area contributed by atoms with Gasteiger partial charge in [-0.15, -0.1) is 0 Å². The minimum Gasteiger partial charge on any atom is -0.491 e. The Morgan fingerprint density at radius 2 is 2.00 bits per heavy atom. The van der Waals surface area contributed by atoms with Crippen LogP contribution in [0.25, 0.3) is 11.1 Å². The molecule has 5 rings (SSSR count). The van der Waals surface area contributed by atoms with Gasteiger partial charge < -0.3 is 20.3 Å². The standard InChI is InChI=1S/C26H27F2N5O3/c1-32-14-19(13-29-32)16-2-4-23-24(10-16)36-9-7-18-15-33(8-6-17(18)11-25(34)30-23)26(35)31-22-5-3-20(27)12-21(22)28/h2-5,10,12-14,17-18H,6-9,11,15H2,1H3,(H,30,34)(H,31,35)/t17-,18-/m0/s1. The number of fused-ring (bicyclic) bond motifs is 2. The molecule has 2 atom stereocenters. The number of ether oxygens (including phenoxy) is 1. The fraction of sp³-hybridized carbons (Fsp3) is 0.346. The number of urea groups is 1. The summed E-state index contributed by atoms with van der Waals surface area (Å²) in [5.74, 6) is -0.920. The summed E-state index contributed by atoms with van der Waals surface area (Å²) in [6.07, 6.45) is 5.32. The van der Waals surface area contributed by atoms with Crippen molar-refractivity contribution in [3.05, 3.63) is 60.4 Å². The van der Waals surface area contributed by atoms with Crippen LogP contribution in [0.15, 0.2) is 48.8 Å². The van der Waals surface area contributed by atoms with Crippen LogP contribution in [0.3, 0.4) is 0 Å². The normalized spacial score (nSPS) is 20.0. The molecule has 0 unspecified atom stereocenters. The van der Waals surface area contributed by atoms with Crippen molar-refractivity contribution in [1.82, 2.24) is 14.7 Å². The van der Waals surface area contributed by atoms with Gasteiger partial charge in [-0.3, -0.25) is 9.48 Å². The van der Waals surface area contributed by atoms with E-state index in [-0.39, 0.29) is 23.4 Å². The van der Waals surface area contributed by atoms with Crippen LogP contribution in [0.5, 0.6) is 5.75 Å². The molecule has 0 radical (unpaired) electrons. The van der Waals surface area contributed by atoms with Gasteiger partial charge in [0.05, 0.1) is 24.2 Å². The molecule has 1 saturated heterocycles. The number of anilines is 2. The van der Waals surface area contributed by atoms with Crippen LogP contribution in [-0.4, -0.2) is 46.3 Å². The second kappa shape index (κ2) is 9.96. The number of nitrogens with one attached hydrogen (secondary N) is 2. The highest BCUT2D eigenvalue weighted by Crippen LogP contribution is 2.35. The Labute approximate surface area is 207 Å². The molecule has 0 bridgehead atoms. The Bertz CT molecular complexity index is 1290. The number of hydrogen-bond donors (Lipinski definition) is 2. The predicted molar refractivity (Wildman–Crippen MR) is 131 cm³/mol. The molecule has 0 saturated carbocycles. The van der Waals surface area contributed by atoms with Gasteiger partial charge in [-0.1, -0.05) is 6.07 Å². The Hall–Kier alpha value is -3.95. The number of halogens is 2. The Morgan fingerprint density at radius 1 is 1.14 bits per heavy atom. The summed E-state index contributed by atoms with van der Waals surface area (Å²) in [5.41, 5.74) is 2.43. The number of carbonyl (C=O) groups is 2. The number of likely N-dealkylation sites (tertiary alicyclic amines) is 1. The molecule has 8 nitrogen and oxygen atoms in total. The summed E-state index contributed by atoms with van der Waals surface area (Å²) in [6.45, 7) is 1.27. The Kier molecular flexibility index (Phi) is 6.58. The summed E-state index contributed by atoms with van der Waals surface area (Å²) in [5, 5.41) is 9.71. The third kappa shape index (κ3) is 5.17. The monoisotopic (exact) mass is 495 g/mol. The van der Waals surface area contributed by atoms with E-state index in [1.165, 1.54) is 6.07 Å². The molecule has 188 valence electrons. The summed E-state index contributed by atoms with van der Waals surface area (Å²) >= 11 is 0. The molecule has 2 aromatic carbocycles. The van der Waals surface area contributed by atoms with Gasteiger partial charge in [-0.25, -0.2) is 13.6 Å². The number of amides is 3. The third-order valence-corrected chi connectivity index (χ3v) is 6.84. The SMILES string of the molecule is Cn1cc(-c2ccc3c(c2)OCC[C@H]2CN(C(=O)Nc4ccc(F)cc4F)CC[C@H]2CC(=O)N3)cn1. The van der Waals surface area contributed by atoms with Gasteiger partial charge in [0, 0.05) is 44.4 Å². The molecule has 3 aromatic rings. The molecule has 36 heavy (non-hydrogen) atoms. The molecular formula is C26H27F2N5O3. The number of nitrogens with zero attached hydrogens (tertiary/aromatic N) is 3. The van der Waals surface area contributed by atoms with Gasteiger partial charge in [0.25, 0.3) is 0 Å². The molecule has 0 aliphatic carbocycles. The first-order chi connectivity index (χ1) is 17.4. The lowest BCUT2D eigenvalue weighted by atomic mass is 9.81. The van der Waals surface area contributed by atoms with Gasteiger partial charge >= 0.3 is 6.03 Å². The molecule has 1 aromatic heterocycles. The predicted octanol–water partition coefficient (Wildman–Crippen LogP) is 4.65. The number of benzene rings is 2. The molecule has 0 spiro atoms. The lowest BCUT2D eigenvalue weighted by Crippen LogP contribution is -2.46. The Balaban J connectivity index is 1.28. The van der Waals surface area contributed by atoms with E-state index in [0.717, 1.165) is 23.3 Å². The molecule has 3 amide bonds. The summed E-state index contributed by atoms with van der Waals surface area (Å²) in [6, 6.07) is 8.24. The van der Waals surface area contributed by atoms with Crippen molar-refractivity contribution >= 4 is 23.3 Å². The lowest BCUT2D eigenvalue weighted by molar-refractivity contribution is -0.118. The van der Waals surface area contributed by atoms with Gasteiger partial charge in [-0.2, -0.15) is 5.10 Å². The average molecular weight is 496 g/mol. The highest BCUT2D eigenvalue weighted by Gasteiger charge is 2.33. The largest absolute Gasteiger partial charge is 0.491 e. The zero-order valence-electron chi connectivity index (χ0n) is 19.8. The van der Waals surface area contributed by atoms with E-state index < -0.39 is 17.7 Å². The highest BCUT2D eigenvalue weighted by atomic mass is 19.1. The van der Waals surface area contributed by atoms with Crippen molar-refractivity contribution in [3.8, 4) is 16.9 Å². The maximum absolute atomic E-state index is 14.0. The number of hydrogen-bond acceptors (Lipinski definition) is 4. The van der Waals surface area contributed by atoms with E-state index in [4.69, 9.17) is 4.74 Å². The Morgan fingerprint density at radius 3 is 2.78 bits per heavy atom. The minimum atomic E-state index is -0.827. The van der Waals surface area contributed by atoms with Crippen molar-refractivity contribution in [1.29, 1.82) is 0 Å². The van der Waals surface area contributed by atoms with Crippen molar-refractivity contribution in [3.63, 3.8) is 0 Å². The molecule has 2 aliphatic heterocycles. The first-order valence-electron chi connectivity index (χ1n) is 11.9. The topological polar surface area (TPSA) is 88.5 Å². The van der Waals surface area contributed by atoms with E-state index in [9.17, 15) is 18.4 Å². The number of aryl methyl sites for hydroxylation is 1. The van der Waals surface area contributed by atoms with Crippen LogP contribution in [0.4, 0.5) is 25.0 Å². The fourth-order valence-corrected chi connectivity index (χ4v) is 4.90. The second-order valence-corrected chi connectivity index (χ2v) is 9.31. The van der Waals surface area contributed by atoms with Crippen LogP contribution in [-0.2, 0) is 11.8 Å². The van der Waals surface area contributed by atoms with Gasteiger partial charge in [0.2, 0.25) is 5.91 Å². The summed E-state index contributed by atoms with van der Waals surface area (Å²) in [4.78, 5) is 27.3. The number of aromatic nitrogens is 2. The van der Waals surface area contributed by atoms with Gasteiger partial charge in [0.1, 0.15) is 17.4 Å². The van der Waals surface area contributed by atoms with Crippen LogP contribution < -0.4 is 15.4 Å². The maximum Gasteiger partial charge on any atom is 0.321 e. The second-order valence-electron chi connectivity index (χ2n) is 9.31. The van der Waals surface area contributed by atoms with Gasteiger partial charge in [-0.05, 0) is 54.5 Å². The smallest absolute Gasteiger partial charge is 0.321 e. The number of piperidine rings is 1. The first kappa shape index (κ1) is 23.8.